The summed E-state index contributed by atoms with van der Waals surface area (Å²) >= 11 is 5.25. The van der Waals surface area contributed by atoms with E-state index in [1.54, 1.807) is 35.9 Å². The third-order valence-electron chi connectivity index (χ3n) is 4.33. The molecule has 0 radical (unpaired) electrons. The Morgan fingerprint density at radius 1 is 1.29 bits per heavy atom. The standard InChI is InChI=1S/C19H19F2N3O3S/c1-26-9-5-8-24-17-15(18(25)23-19(24)28)12(16(20)21)10-13(22-17)11-6-3-4-7-14(11)27-2/h3-4,6-7,10,16H,5,8-9H2,1-2H3,(H,23,25,28). The molecule has 0 amide bonds. The van der Waals surface area contributed by atoms with Crippen molar-refractivity contribution in [3.05, 3.63) is 51.0 Å². The molecule has 1 N–H and O–H groups in total. The first-order chi connectivity index (χ1) is 13.5. The lowest BCUT2D eigenvalue weighted by Gasteiger charge is -2.15. The van der Waals surface area contributed by atoms with Crippen molar-refractivity contribution in [2.45, 2.75) is 19.4 Å². The van der Waals surface area contributed by atoms with Crippen molar-refractivity contribution < 1.29 is 18.3 Å². The number of H-pyrrole nitrogens is 1. The Hall–Kier alpha value is -2.65. The molecule has 6 nitrogen and oxygen atoms in total. The summed E-state index contributed by atoms with van der Waals surface area (Å²) in [7, 11) is 3.06. The van der Waals surface area contributed by atoms with Crippen molar-refractivity contribution in [1.29, 1.82) is 0 Å². The summed E-state index contributed by atoms with van der Waals surface area (Å²) in [5.41, 5.74) is -0.146. The van der Waals surface area contributed by atoms with Crippen molar-refractivity contribution >= 4 is 23.3 Å². The summed E-state index contributed by atoms with van der Waals surface area (Å²) in [5.74, 6) is 0.490. The van der Waals surface area contributed by atoms with E-state index in [1.807, 2.05) is 0 Å². The van der Waals surface area contributed by atoms with Gasteiger partial charge in [-0.2, -0.15) is 0 Å². The number of hydrogen-bond donors (Lipinski definition) is 1. The van der Waals surface area contributed by atoms with Crippen LogP contribution in [0.25, 0.3) is 22.3 Å². The Balaban J connectivity index is 2.35. The van der Waals surface area contributed by atoms with Gasteiger partial charge in [0.15, 0.2) is 4.77 Å². The van der Waals surface area contributed by atoms with Crippen LogP contribution in [0.3, 0.4) is 0 Å². The van der Waals surface area contributed by atoms with Crippen LogP contribution in [0.1, 0.15) is 18.4 Å². The van der Waals surface area contributed by atoms with Crippen LogP contribution < -0.4 is 10.3 Å². The van der Waals surface area contributed by atoms with Crippen LogP contribution in [0.4, 0.5) is 8.78 Å². The SMILES string of the molecule is COCCCn1c(=S)[nH]c(=O)c2c(C(F)F)cc(-c3ccccc3OC)nc21. The van der Waals surface area contributed by atoms with Crippen molar-refractivity contribution in [1.82, 2.24) is 14.5 Å². The van der Waals surface area contributed by atoms with Gasteiger partial charge in [-0.3, -0.25) is 9.78 Å². The number of para-hydroxylation sites is 1. The molecule has 0 aliphatic carbocycles. The zero-order valence-electron chi connectivity index (χ0n) is 15.4. The minimum absolute atomic E-state index is 0.114. The Bertz CT molecular complexity index is 1110. The number of benzene rings is 1. The fourth-order valence-electron chi connectivity index (χ4n) is 3.04. The van der Waals surface area contributed by atoms with E-state index >= 15 is 0 Å². The molecule has 148 valence electrons. The van der Waals surface area contributed by atoms with Crippen molar-refractivity contribution in [2.75, 3.05) is 20.8 Å². The van der Waals surface area contributed by atoms with Crippen LogP contribution >= 0.6 is 12.2 Å². The highest BCUT2D eigenvalue weighted by Gasteiger charge is 2.21. The number of nitrogens with zero attached hydrogens (tertiary/aromatic N) is 2. The van der Waals surface area contributed by atoms with Gasteiger partial charge in [0.05, 0.1) is 18.2 Å². The first-order valence-electron chi connectivity index (χ1n) is 8.56. The molecule has 0 aliphatic heterocycles. The Morgan fingerprint density at radius 2 is 2.04 bits per heavy atom. The second-order valence-electron chi connectivity index (χ2n) is 6.05. The van der Waals surface area contributed by atoms with Crippen molar-refractivity contribution in [2.24, 2.45) is 0 Å². The summed E-state index contributed by atoms with van der Waals surface area (Å²) < 4.78 is 39.7. The molecule has 0 spiro atoms. The Kier molecular flexibility index (Phi) is 6.15. The lowest BCUT2D eigenvalue weighted by Crippen LogP contribution is -2.18. The molecule has 2 heterocycles. The molecular formula is C19H19F2N3O3S. The van der Waals surface area contributed by atoms with E-state index in [-0.39, 0.29) is 21.5 Å². The highest BCUT2D eigenvalue weighted by molar-refractivity contribution is 7.71. The average molecular weight is 407 g/mol. The Morgan fingerprint density at radius 3 is 2.71 bits per heavy atom. The van der Waals surface area contributed by atoms with Gasteiger partial charge in [-0.15, -0.1) is 0 Å². The van der Waals surface area contributed by atoms with Crippen molar-refractivity contribution in [3.63, 3.8) is 0 Å². The van der Waals surface area contributed by atoms with Gasteiger partial charge >= 0.3 is 0 Å². The smallest absolute Gasteiger partial charge is 0.264 e. The molecule has 28 heavy (non-hydrogen) atoms. The number of alkyl halides is 2. The van der Waals surface area contributed by atoms with E-state index in [0.29, 0.717) is 30.9 Å². The molecule has 0 saturated carbocycles. The number of hydrogen-bond acceptors (Lipinski definition) is 5. The normalized spacial score (nSPS) is 11.3. The summed E-state index contributed by atoms with van der Waals surface area (Å²) in [5, 5.41) is -0.167. The molecule has 0 fully saturated rings. The monoisotopic (exact) mass is 407 g/mol. The number of methoxy groups -OCH3 is 2. The maximum absolute atomic E-state index is 13.8. The summed E-state index contributed by atoms with van der Waals surface area (Å²) in [6.07, 6.45) is -2.28. The number of aromatic nitrogens is 3. The topological polar surface area (TPSA) is 69.1 Å². The maximum atomic E-state index is 13.8. The van der Waals surface area contributed by atoms with E-state index in [0.717, 1.165) is 0 Å². The minimum Gasteiger partial charge on any atom is -0.496 e. The lowest BCUT2D eigenvalue weighted by molar-refractivity contribution is 0.153. The predicted molar refractivity (Wildman–Crippen MR) is 105 cm³/mol. The average Bonchev–Trinajstić information content (AvgIpc) is 2.69. The second kappa shape index (κ2) is 8.57. The molecule has 3 rings (SSSR count). The highest BCUT2D eigenvalue weighted by Crippen LogP contribution is 2.33. The number of ether oxygens (including phenoxy) is 2. The number of nitrogens with one attached hydrogen (secondary N) is 1. The first-order valence-corrected chi connectivity index (χ1v) is 8.97. The van der Waals surface area contributed by atoms with E-state index in [4.69, 9.17) is 21.7 Å². The van der Waals surface area contributed by atoms with Gasteiger partial charge in [0.25, 0.3) is 12.0 Å². The number of fused-ring (bicyclic) bond motifs is 1. The number of pyridine rings is 1. The van der Waals surface area contributed by atoms with Crippen LogP contribution in [0.2, 0.25) is 0 Å². The van der Waals surface area contributed by atoms with Crippen LogP contribution in [0.15, 0.2) is 35.1 Å². The molecule has 0 atom stereocenters. The van der Waals surface area contributed by atoms with Crippen molar-refractivity contribution in [3.8, 4) is 17.0 Å². The van der Waals surface area contributed by atoms with E-state index in [9.17, 15) is 13.6 Å². The maximum Gasteiger partial charge on any atom is 0.264 e. The van der Waals surface area contributed by atoms with Crippen LogP contribution in [-0.2, 0) is 11.3 Å². The molecule has 0 saturated heterocycles. The number of aryl methyl sites for hydroxylation is 1. The van der Waals surface area contributed by atoms with Gasteiger partial charge in [0.2, 0.25) is 0 Å². The zero-order valence-corrected chi connectivity index (χ0v) is 16.2. The first kappa shape index (κ1) is 20.1. The quantitative estimate of drug-likeness (QED) is 0.472. The fourth-order valence-corrected chi connectivity index (χ4v) is 3.31. The van der Waals surface area contributed by atoms with E-state index in [1.165, 1.54) is 13.2 Å². The molecule has 9 heteroatoms. The van der Waals surface area contributed by atoms with E-state index in [2.05, 4.69) is 9.97 Å². The van der Waals surface area contributed by atoms with Gasteiger partial charge in [0, 0.05) is 31.4 Å². The van der Waals surface area contributed by atoms with Gasteiger partial charge in [-0.25, -0.2) is 13.8 Å². The third kappa shape index (κ3) is 3.81. The van der Waals surface area contributed by atoms with Crippen LogP contribution in [0.5, 0.6) is 5.75 Å². The second-order valence-corrected chi connectivity index (χ2v) is 6.44. The zero-order chi connectivity index (χ0) is 20.3. The molecule has 0 unspecified atom stereocenters. The number of aromatic amines is 1. The van der Waals surface area contributed by atoms with Gasteiger partial charge in [-0.05, 0) is 36.8 Å². The molecular weight excluding hydrogens is 388 g/mol. The van der Waals surface area contributed by atoms with Gasteiger partial charge in [0.1, 0.15) is 11.4 Å². The third-order valence-corrected chi connectivity index (χ3v) is 4.65. The van der Waals surface area contributed by atoms with E-state index < -0.39 is 17.5 Å². The molecule has 3 aromatic rings. The molecule has 0 bridgehead atoms. The minimum atomic E-state index is -2.86. The summed E-state index contributed by atoms with van der Waals surface area (Å²) in [6.45, 7) is 0.821. The van der Waals surface area contributed by atoms with Crippen LogP contribution in [0, 0.1) is 4.77 Å². The largest absolute Gasteiger partial charge is 0.496 e. The molecule has 2 aromatic heterocycles. The lowest BCUT2D eigenvalue weighted by atomic mass is 10.1. The Labute approximate surface area is 164 Å². The molecule has 0 aliphatic rings. The summed E-state index contributed by atoms with van der Waals surface area (Å²) in [4.78, 5) is 19.4. The highest BCUT2D eigenvalue weighted by atomic mass is 32.1. The number of rotatable bonds is 7. The van der Waals surface area contributed by atoms with Gasteiger partial charge in [-0.1, -0.05) is 12.1 Å². The van der Waals surface area contributed by atoms with Crippen LogP contribution in [-0.4, -0.2) is 35.4 Å². The predicted octanol–water partition coefficient (Wildman–Crippen LogP) is 4.10. The fraction of sp³-hybridized carbons (Fsp3) is 0.316. The molecule has 1 aromatic carbocycles. The number of halogens is 2. The van der Waals surface area contributed by atoms with Gasteiger partial charge < -0.3 is 14.0 Å². The summed E-state index contributed by atoms with van der Waals surface area (Å²) in [6, 6.07) is 8.19.